The zero-order chi connectivity index (χ0) is 17.3. The highest BCUT2D eigenvalue weighted by molar-refractivity contribution is 7.92. The zero-order valence-corrected chi connectivity index (χ0v) is 14.1. The molecule has 2 N–H and O–H groups in total. The predicted molar refractivity (Wildman–Crippen MR) is 87.1 cm³/mol. The summed E-state index contributed by atoms with van der Waals surface area (Å²) in [6.45, 7) is 0. The molecule has 2 aromatic carbocycles. The predicted octanol–water partition coefficient (Wildman–Crippen LogP) is 2.65. The van der Waals surface area contributed by atoms with Crippen molar-refractivity contribution >= 4 is 43.0 Å². The highest BCUT2D eigenvalue weighted by Crippen LogP contribution is 2.27. The van der Waals surface area contributed by atoms with Gasteiger partial charge in [-0.2, -0.15) is 0 Å². The fourth-order valence-electron chi connectivity index (χ4n) is 1.69. The monoisotopic (exact) mass is 378 g/mol. The lowest BCUT2D eigenvalue weighted by atomic mass is 10.3. The van der Waals surface area contributed by atoms with Crippen molar-refractivity contribution in [2.24, 2.45) is 0 Å². The van der Waals surface area contributed by atoms with Crippen LogP contribution in [0.25, 0.3) is 0 Å². The van der Waals surface area contributed by atoms with Gasteiger partial charge >= 0.3 is 0 Å². The maximum absolute atomic E-state index is 12.8. The van der Waals surface area contributed by atoms with Gasteiger partial charge in [0.25, 0.3) is 10.0 Å². The third-order valence-electron chi connectivity index (χ3n) is 2.64. The standard InChI is InChI=1S/C13H12ClFN2O4S2/c1-22(18,19)17-13-7-4-10(8-12(13)14)16-23(20,21)11-5-2-9(15)3-6-11/h2-8,16-17H,1H3. The third-order valence-corrected chi connectivity index (χ3v) is 4.94. The lowest BCUT2D eigenvalue weighted by Gasteiger charge is -2.11. The molecule has 0 aliphatic rings. The Morgan fingerprint density at radius 3 is 2.09 bits per heavy atom. The molecule has 0 aliphatic heterocycles. The Morgan fingerprint density at radius 1 is 0.957 bits per heavy atom. The van der Waals surface area contributed by atoms with Crippen molar-refractivity contribution < 1.29 is 21.2 Å². The van der Waals surface area contributed by atoms with Crippen molar-refractivity contribution in [3.05, 3.63) is 53.3 Å². The maximum atomic E-state index is 12.8. The van der Waals surface area contributed by atoms with E-state index in [-0.39, 0.29) is 21.3 Å². The van der Waals surface area contributed by atoms with E-state index in [1.807, 2.05) is 0 Å². The Balaban J connectivity index is 2.26. The van der Waals surface area contributed by atoms with E-state index < -0.39 is 25.9 Å². The smallest absolute Gasteiger partial charge is 0.261 e. The number of rotatable bonds is 5. The normalized spacial score (nSPS) is 12.0. The van der Waals surface area contributed by atoms with Gasteiger partial charge in [-0.1, -0.05) is 11.6 Å². The molecule has 0 atom stereocenters. The van der Waals surface area contributed by atoms with Gasteiger partial charge in [0.1, 0.15) is 5.82 Å². The summed E-state index contributed by atoms with van der Waals surface area (Å²) in [7, 11) is -7.41. The van der Waals surface area contributed by atoms with E-state index in [1.165, 1.54) is 18.2 Å². The van der Waals surface area contributed by atoms with E-state index in [2.05, 4.69) is 9.44 Å². The van der Waals surface area contributed by atoms with E-state index >= 15 is 0 Å². The summed E-state index contributed by atoms with van der Waals surface area (Å²) in [5.41, 5.74) is 0.261. The topological polar surface area (TPSA) is 92.3 Å². The number of anilines is 2. The maximum Gasteiger partial charge on any atom is 0.261 e. The highest BCUT2D eigenvalue weighted by Gasteiger charge is 2.15. The van der Waals surface area contributed by atoms with Crippen LogP contribution in [0.15, 0.2) is 47.4 Å². The molecule has 0 spiro atoms. The van der Waals surface area contributed by atoms with Crippen LogP contribution >= 0.6 is 11.6 Å². The molecule has 124 valence electrons. The molecule has 2 rings (SSSR count). The minimum atomic E-state index is -3.91. The molecule has 0 saturated heterocycles. The molecule has 23 heavy (non-hydrogen) atoms. The van der Waals surface area contributed by atoms with E-state index in [1.54, 1.807) is 0 Å². The summed E-state index contributed by atoms with van der Waals surface area (Å²) >= 11 is 5.92. The Labute approximate surface area is 138 Å². The van der Waals surface area contributed by atoms with Crippen LogP contribution in [0.2, 0.25) is 5.02 Å². The van der Waals surface area contributed by atoms with Gasteiger partial charge in [0.05, 0.1) is 27.5 Å². The summed E-state index contributed by atoms with van der Waals surface area (Å²) in [4.78, 5) is -0.117. The van der Waals surface area contributed by atoms with Gasteiger partial charge in [0.2, 0.25) is 10.0 Å². The van der Waals surface area contributed by atoms with Crippen LogP contribution in [0.3, 0.4) is 0 Å². The molecule has 10 heteroatoms. The van der Waals surface area contributed by atoms with Crippen LogP contribution in [0, 0.1) is 5.82 Å². The quantitative estimate of drug-likeness (QED) is 0.836. The Morgan fingerprint density at radius 2 is 1.57 bits per heavy atom. The Hall–Kier alpha value is -1.84. The Kier molecular flexibility index (Phi) is 4.83. The molecule has 2 aromatic rings. The van der Waals surface area contributed by atoms with Gasteiger partial charge in [-0.3, -0.25) is 9.44 Å². The van der Waals surface area contributed by atoms with Crippen LogP contribution in [-0.4, -0.2) is 23.1 Å². The first kappa shape index (κ1) is 17.5. The van der Waals surface area contributed by atoms with Gasteiger partial charge in [0, 0.05) is 0 Å². The van der Waals surface area contributed by atoms with Crippen LogP contribution in [0.4, 0.5) is 15.8 Å². The van der Waals surface area contributed by atoms with E-state index in [0.29, 0.717) is 0 Å². The van der Waals surface area contributed by atoms with E-state index in [9.17, 15) is 21.2 Å². The second-order valence-electron chi connectivity index (χ2n) is 4.63. The molecular weight excluding hydrogens is 367 g/mol. The number of hydrogen-bond donors (Lipinski definition) is 2. The van der Waals surface area contributed by atoms with Crippen molar-refractivity contribution in [3.8, 4) is 0 Å². The fourth-order valence-corrected chi connectivity index (χ4v) is 3.60. The minimum Gasteiger partial charge on any atom is -0.282 e. The lowest BCUT2D eigenvalue weighted by molar-refractivity contribution is 0.599. The van der Waals surface area contributed by atoms with Crippen molar-refractivity contribution in [3.63, 3.8) is 0 Å². The molecule has 0 radical (unpaired) electrons. The molecular formula is C13H12ClFN2O4S2. The van der Waals surface area contributed by atoms with E-state index in [0.717, 1.165) is 30.5 Å². The third kappa shape index (κ3) is 4.81. The molecule has 6 nitrogen and oxygen atoms in total. The molecule has 0 unspecified atom stereocenters. The number of halogens is 2. The molecule has 0 aromatic heterocycles. The largest absolute Gasteiger partial charge is 0.282 e. The molecule has 0 saturated carbocycles. The van der Waals surface area contributed by atoms with Gasteiger partial charge in [-0.25, -0.2) is 21.2 Å². The van der Waals surface area contributed by atoms with Gasteiger partial charge in [-0.15, -0.1) is 0 Å². The van der Waals surface area contributed by atoms with Crippen molar-refractivity contribution in [1.29, 1.82) is 0 Å². The molecule has 0 heterocycles. The van der Waals surface area contributed by atoms with Gasteiger partial charge < -0.3 is 0 Å². The summed E-state index contributed by atoms with van der Waals surface area (Å²) in [5.74, 6) is -0.553. The molecule has 0 bridgehead atoms. The van der Waals surface area contributed by atoms with E-state index in [4.69, 9.17) is 11.6 Å². The second-order valence-corrected chi connectivity index (χ2v) is 8.47. The zero-order valence-electron chi connectivity index (χ0n) is 11.7. The van der Waals surface area contributed by atoms with Crippen molar-refractivity contribution in [2.45, 2.75) is 4.90 Å². The van der Waals surface area contributed by atoms with Crippen LogP contribution < -0.4 is 9.44 Å². The number of nitrogens with one attached hydrogen (secondary N) is 2. The van der Waals surface area contributed by atoms with Gasteiger partial charge in [0.15, 0.2) is 0 Å². The first-order valence-electron chi connectivity index (χ1n) is 6.12. The molecule has 0 fully saturated rings. The Bertz CT molecular complexity index is 929. The van der Waals surface area contributed by atoms with Crippen LogP contribution in [0.1, 0.15) is 0 Å². The van der Waals surface area contributed by atoms with Gasteiger partial charge in [-0.05, 0) is 42.5 Å². The molecule has 0 amide bonds. The summed E-state index contributed by atoms with van der Waals surface area (Å²) in [6.07, 6.45) is 0.967. The number of sulfonamides is 2. The first-order valence-corrected chi connectivity index (χ1v) is 9.88. The summed E-state index contributed by atoms with van der Waals surface area (Å²) in [5, 5.41) is 0.0229. The van der Waals surface area contributed by atoms with Crippen LogP contribution in [0.5, 0.6) is 0 Å². The average Bonchev–Trinajstić information content (AvgIpc) is 2.41. The number of benzene rings is 2. The summed E-state index contributed by atoms with van der Waals surface area (Å²) < 4.78 is 64.0. The SMILES string of the molecule is CS(=O)(=O)Nc1ccc(NS(=O)(=O)c2ccc(F)cc2)cc1Cl. The first-order chi connectivity index (χ1) is 10.6. The fraction of sp³-hybridized carbons (Fsp3) is 0.0769. The van der Waals surface area contributed by atoms with Crippen LogP contribution in [-0.2, 0) is 20.0 Å². The second kappa shape index (κ2) is 6.34. The average molecular weight is 379 g/mol. The lowest BCUT2D eigenvalue weighted by Crippen LogP contribution is -2.13. The summed E-state index contributed by atoms with van der Waals surface area (Å²) in [6, 6.07) is 8.24. The highest BCUT2D eigenvalue weighted by atomic mass is 35.5. The van der Waals surface area contributed by atoms with Crippen molar-refractivity contribution in [1.82, 2.24) is 0 Å². The molecule has 0 aliphatic carbocycles. The number of hydrogen-bond acceptors (Lipinski definition) is 4. The van der Waals surface area contributed by atoms with Crippen molar-refractivity contribution in [2.75, 3.05) is 15.7 Å². The minimum absolute atomic E-state index is 0.0229.